The van der Waals surface area contributed by atoms with Crippen LogP contribution in [0.15, 0.2) is 16.9 Å². The summed E-state index contributed by atoms with van der Waals surface area (Å²) in [6.07, 6.45) is 5.98. The van der Waals surface area contributed by atoms with Crippen LogP contribution in [-0.4, -0.2) is 20.7 Å². The van der Waals surface area contributed by atoms with Crippen molar-refractivity contribution in [3.05, 3.63) is 33.9 Å². The number of aromatic nitrogens is 3. The molecule has 1 unspecified atom stereocenters. The smallest absolute Gasteiger partial charge is 0.274 e. The van der Waals surface area contributed by atoms with Gasteiger partial charge in [-0.1, -0.05) is 6.42 Å². The van der Waals surface area contributed by atoms with E-state index in [2.05, 4.69) is 21.0 Å². The molecular weight excluding hydrogens is 252 g/mol. The van der Waals surface area contributed by atoms with E-state index < -0.39 is 0 Å². The average Bonchev–Trinajstić information content (AvgIpc) is 3.00. The molecule has 5 nitrogen and oxygen atoms in total. The van der Waals surface area contributed by atoms with Crippen molar-refractivity contribution >= 4 is 5.65 Å². The summed E-state index contributed by atoms with van der Waals surface area (Å²) in [6.45, 7) is 1.04. The van der Waals surface area contributed by atoms with E-state index in [4.69, 9.17) is 0 Å². The molecule has 1 aliphatic heterocycles. The van der Waals surface area contributed by atoms with E-state index in [-0.39, 0.29) is 5.56 Å². The fourth-order valence-corrected chi connectivity index (χ4v) is 3.38. The SMILES string of the molecule is Cn1c(C2CCCN2)cc(=O)n2nc(C3CCC3)cc12. The number of rotatable bonds is 2. The van der Waals surface area contributed by atoms with E-state index in [0.29, 0.717) is 12.0 Å². The summed E-state index contributed by atoms with van der Waals surface area (Å²) in [4.78, 5) is 12.3. The van der Waals surface area contributed by atoms with Crippen molar-refractivity contribution in [2.45, 2.75) is 44.1 Å². The predicted octanol–water partition coefficient (Wildman–Crippen LogP) is 1.72. The fourth-order valence-electron chi connectivity index (χ4n) is 3.38. The second-order valence-electron chi connectivity index (χ2n) is 6.08. The Labute approximate surface area is 117 Å². The molecule has 5 heteroatoms. The van der Waals surface area contributed by atoms with E-state index in [1.54, 1.807) is 10.6 Å². The van der Waals surface area contributed by atoms with Gasteiger partial charge in [-0.2, -0.15) is 9.61 Å². The van der Waals surface area contributed by atoms with Crippen LogP contribution in [0.25, 0.3) is 5.65 Å². The molecule has 0 aromatic carbocycles. The molecule has 0 spiro atoms. The van der Waals surface area contributed by atoms with E-state index in [9.17, 15) is 4.79 Å². The maximum absolute atomic E-state index is 12.3. The minimum absolute atomic E-state index is 0.00706. The van der Waals surface area contributed by atoms with Gasteiger partial charge in [0.2, 0.25) is 0 Å². The molecule has 2 aliphatic rings. The summed E-state index contributed by atoms with van der Waals surface area (Å²) < 4.78 is 3.69. The van der Waals surface area contributed by atoms with Crippen LogP contribution in [0, 0.1) is 0 Å². The van der Waals surface area contributed by atoms with Gasteiger partial charge in [0.1, 0.15) is 5.65 Å². The van der Waals surface area contributed by atoms with Crippen molar-refractivity contribution in [3.63, 3.8) is 0 Å². The molecule has 1 atom stereocenters. The van der Waals surface area contributed by atoms with Gasteiger partial charge >= 0.3 is 0 Å². The molecule has 1 saturated carbocycles. The van der Waals surface area contributed by atoms with Gasteiger partial charge in [0.15, 0.2) is 0 Å². The van der Waals surface area contributed by atoms with Crippen LogP contribution in [0.3, 0.4) is 0 Å². The fraction of sp³-hybridized carbons (Fsp3) is 0.600. The maximum Gasteiger partial charge on any atom is 0.274 e. The third-order valence-electron chi connectivity index (χ3n) is 4.86. The van der Waals surface area contributed by atoms with Gasteiger partial charge in [-0.25, -0.2) is 0 Å². The Morgan fingerprint density at radius 1 is 1.25 bits per heavy atom. The zero-order valence-electron chi connectivity index (χ0n) is 11.8. The van der Waals surface area contributed by atoms with Crippen LogP contribution in [0.4, 0.5) is 0 Å². The Bertz CT molecular complexity index is 704. The summed E-state index contributed by atoms with van der Waals surface area (Å²) in [7, 11) is 2.04. The minimum atomic E-state index is -0.00706. The summed E-state index contributed by atoms with van der Waals surface area (Å²) in [5.74, 6) is 0.558. The molecule has 4 rings (SSSR count). The number of hydrogen-bond acceptors (Lipinski definition) is 3. The first-order valence-corrected chi connectivity index (χ1v) is 7.57. The molecule has 0 amide bonds. The molecule has 1 aliphatic carbocycles. The van der Waals surface area contributed by atoms with Crippen molar-refractivity contribution in [1.82, 2.24) is 19.5 Å². The Hall–Kier alpha value is -1.62. The normalized spacial score (nSPS) is 23.4. The zero-order chi connectivity index (χ0) is 13.7. The van der Waals surface area contributed by atoms with Gasteiger partial charge in [0.05, 0.1) is 5.69 Å². The molecule has 2 fully saturated rings. The maximum atomic E-state index is 12.3. The summed E-state index contributed by atoms with van der Waals surface area (Å²) >= 11 is 0. The predicted molar refractivity (Wildman–Crippen MR) is 77.0 cm³/mol. The second kappa shape index (κ2) is 4.45. The highest BCUT2D eigenvalue weighted by molar-refractivity contribution is 5.43. The van der Waals surface area contributed by atoms with Crippen molar-refractivity contribution in [2.24, 2.45) is 7.05 Å². The standard InChI is InChI=1S/C15H20N4O/c1-18-13(11-6-3-7-16-11)9-15(20)19-14(18)8-12(17-19)10-4-2-5-10/h8-11,16H,2-7H2,1H3. The molecular formula is C15H20N4O. The van der Waals surface area contributed by atoms with Gasteiger partial charge < -0.3 is 9.88 Å². The Morgan fingerprint density at radius 2 is 2.10 bits per heavy atom. The number of hydrogen-bond donors (Lipinski definition) is 1. The van der Waals surface area contributed by atoms with Crippen LogP contribution in [0.2, 0.25) is 0 Å². The lowest BCUT2D eigenvalue weighted by atomic mass is 9.83. The Kier molecular flexibility index (Phi) is 2.70. The number of nitrogens with zero attached hydrogens (tertiary/aromatic N) is 3. The molecule has 106 valence electrons. The van der Waals surface area contributed by atoms with Crippen molar-refractivity contribution in [2.75, 3.05) is 6.54 Å². The Morgan fingerprint density at radius 3 is 2.75 bits per heavy atom. The molecule has 0 bridgehead atoms. The topological polar surface area (TPSA) is 51.3 Å². The third-order valence-corrected chi connectivity index (χ3v) is 4.86. The molecule has 1 saturated heterocycles. The van der Waals surface area contributed by atoms with Crippen molar-refractivity contribution < 1.29 is 0 Å². The lowest BCUT2D eigenvalue weighted by Crippen LogP contribution is -2.24. The van der Waals surface area contributed by atoms with Crippen LogP contribution < -0.4 is 10.9 Å². The van der Waals surface area contributed by atoms with E-state index >= 15 is 0 Å². The molecule has 1 N–H and O–H groups in total. The summed E-state index contributed by atoms with van der Waals surface area (Å²) in [6, 6.07) is 4.15. The monoisotopic (exact) mass is 272 g/mol. The first kappa shape index (κ1) is 12.1. The van der Waals surface area contributed by atoms with Crippen LogP contribution in [0.5, 0.6) is 0 Å². The molecule has 3 heterocycles. The number of nitrogens with one attached hydrogen (secondary N) is 1. The highest BCUT2D eigenvalue weighted by Crippen LogP contribution is 2.35. The first-order chi connectivity index (χ1) is 9.74. The largest absolute Gasteiger partial charge is 0.331 e. The van der Waals surface area contributed by atoms with Crippen molar-refractivity contribution in [1.29, 1.82) is 0 Å². The van der Waals surface area contributed by atoms with Gasteiger partial charge in [0, 0.05) is 36.8 Å². The van der Waals surface area contributed by atoms with E-state index in [0.717, 1.165) is 30.0 Å². The van der Waals surface area contributed by atoms with Crippen LogP contribution in [-0.2, 0) is 7.05 Å². The minimum Gasteiger partial charge on any atom is -0.331 e. The molecule has 2 aromatic heterocycles. The molecule has 0 radical (unpaired) electrons. The quantitative estimate of drug-likeness (QED) is 0.905. The lowest BCUT2D eigenvalue weighted by molar-refractivity contribution is 0.409. The van der Waals surface area contributed by atoms with E-state index in [1.807, 2.05) is 7.05 Å². The lowest BCUT2D eigenvalue weighted by Gasteiger charge is -2.22. The third kappa shape index (κ3) is 1.73. The number of fused-ring (bicyclic) bond motifs is 1. The summed E-state index contributed by atoms with van der Waals surface area (Å²) in [5, 5.41) is 7.99. The average molecular weight is 272 g/mol. The van der Waals surface area contributed by atoms with Gasteiger partial charge in [-0.3, -0.25) is 4.79 Å². The Balaban J connectivity index is 1.86. The van der Waals surface area contributed by atoms with Crippen molar-refractivity contribution in [3.8, 4) is 0 Å². The highest BCUT2D eigenvalue weighted by atomic mass is 16.1. The summed E-state index contributed by atoms with van der Waals surface area (Å²) in [5.41, 5.74) is 3.08. The molecule has 20 heavy (non-hydrogen) atoms. The van der Waals surface area contributed by atoms with Gasteiger partial charge in [-0.05, 0) is 32.2 Å². The van der Waals surface area contributed by atoms with Gasteiger partial charge in [0.25, 0.3) is 5.56 Å². The first-order valence-electron chi connectivity index (χ1n) is 7.57. The molecule has 2 aromatic rings. The second-order valence-corrected chi connectivity index (χ2v) is 6.08. The van der Waals surface area contributed by atoms with Crippen LogP contribution >= 0.6 is 0 Å². The van der Waals surface area contributed by atoms with Crippen LogP contribution in [0.1, 0.15) is 55.5 Å². The zero-order valence-corrected chi connectivity index (χ0v) is 11.8. The number of aryl methyl sites for hydroxylation is 1. The highest BCUT2D eigenvalue weighted by Gasteiger charge is 2.25. The van der Waals surface area contributed by atoms with Gasteiger partial charge in [-0.15, -0.1) is 0 Å². The van der Waals surface area contributed by atoms with E-state index in [1.165, 1.54) is 25.7 Å².